The van der Waals surface area contributed by atoms with E-state index in [0.29, 0.717) is 12.0 Å². The van der Waals surface area contributed by atoms with Crippen molar-refractivity contribution in [2.45, 2.75) is 66.8 Å². The number of nitrogens with one attached hydrogen (secondary N) is 2. The molecule has 0 aromatic heterocycles. The van der Waals surface area contributed by atoms with Crippen molar-refractivity contribution < 1.29 is 9.59 Å². The molecule has 0 radical (unpaired) electrons. The lowest BCUT2D eigenvalue weighted by Crippen LogP contribution is -2.23. The predicted molar refractivity (Wildman–Crippen MR) is 76.3 cm³/mol. The Hall–Kier alpha value is -1.06. The second kappa shape index (κ2) is 9.92. The van der Waals surface area contributed by atoms with Crippen LogP contribution in [-0.2, 0) is 9.59 Å². The van der Waals surface area contributed by atoms with Crippen LogP contribution in [0.3, 0.4) is 0 Å². The van der Waals surface area contributed by atoms with Crippen LogP contribution in [0.15, 0.2) is 0 Å². The van der Waals surface area contributed by atoms with E-state index in [9.17, 15) is 9.59 Å². The molecule has 4 nitrogen and oxygen atoms in total. The van der Waals surface area contributed by atoms with Gasteiger partial charge in [0, 0.05) is 25.4 Å². The highest BCUT2D eigenvalue weighted by molar-refractivity contribution is 5.78. The Morgan fingerprint density at radius 3 is 2.00 bits per heavy atom. The summed E-state index contributed by atoms with van der Waals surface area (Å²) in [7, 11) is 0. The molecule has 0 aromatic carbocycles. The monoisotopic (exact) mass is 258 g/mol. The van der Waals surface area contributed by atoms with E-state index in [1.807, 2.05) is 0 Å². The molecule has 0 aliphatic carbocycles. The van der Waals surface area contributed by atoms with Gasteiger partial charge < -0.3 is 10.6 Å². The minimum atomic E-state index is 0. The average molecular weight is 258 g/mol. The van der Waals surface area contributed by atoms with Crippen molar-refractivity contribution in [1.82, 2.24) is 10.6 Å². The molecule has 18 heavy (non-hydrogen) atoms. The highest BCUT2D eigenvalue weighted by atomic mass is 16.2. The van der Waals surface area contributed by atoms with Crippen LogP contribution in [0, 0.1) is 5.92 Å². The van der Waals surface area contributed by atoms with Crippen molar-refractivity contribution in [3.05, 3.63) is 0 Å². The normalized spacial score (nSPS) is 25.0. The first kappa shape index (κ1) is 19.3. The van der Waals surface area contributed by atoms with Gasteiger partial charge in [0.25, 0.3) is 0 Å². The first-order valence-corrected chi connectivity index (χ1v) is 6.21. The van der Waals surface area contributed by atoms with Crippen molar-refractivity contribution in [1.29, 1.82) is 0 Å². The highest BCUT2D eigenvalue weighted by Crippen LogP contribution is 2.11. The van der Waals surface area contributed by atoms with Gasteiger partial charge in [-0.2, -0.15) is 0 Å². The Morgan fingerprint density at radius 2 is 1.78 bits per heavy atom. The van der Waals surface area contributed by atoms with Gasteiger partial charge in [0.15, 0.2) is 0 Å². The molecule has 2 aliphatic heterocycles. The SMILES string of the molecule is C.C.CCC1CCC(=O)N1.CCC1CNC(=O)C1. The second-order valence-electron chi connectivity index (χ2n) is 4.49. The number of hydrogen-bond donors (Lipinski definition) is 2. The summed E-state index contributed by atoms with van der Waals surface area (Å²) < 4.78 is 0. The molecule has 2 atom stereocenters. The van der Waals surface area contributed by atoms with Crippen molar-refractivity contribution in [2.24, 2.45) is 5.92 Å². The molecule has 2 amide bonds. The van der Waals surface area contributed by atoms with Crippen LogP contribution in [0.5, 0.6) is 0 Å². The summed E-state index contributed by atoms with van der Waals surface area (Å²) in [5.41, 5.74) is 0. The lowest BCUT2D eigenvalue weighted by atomic mass is 10.1. The van der Waals surface area contributed by atoms with Gasteiger partial charge in [-0.1, -0.05) is 35.1 Å². The third-order valence-corrected chi connectivity index (χ3v) is 3.22. The van der Waals surface area contributed by atoms with Crippen LogP contribution < -0.4 is 10.6 Å². The van der Waals surface area contributed by atoms with Crippen LogP contribution in [0.2, 0.25) is 0 Å². The minimum absolute atomic E-state index is 0. The Bertz CT molecular complexity index is 228. The lowest BCUT2D eigenvalue weighted by Gasteiger charge is -2.02. The van der Waals surface area contributed by atoms with E-state index in [-0.39, 0.29) is 26.7 Å². The van der Waals surface area contributed by atoms with E-state index in [1.54, 1.807) is 0 Å². The standard InChI is InChI=1S/2C6H11NO.2CH4/c1-2-5-3-6(8)7-4-5;1-2-5-3-4-6(8)7-5;;/h2*5H,2-4H2,1H3,(H,7,8);2*1H4. The summed E-state index contributed by atoms with van der Waals surface area (Å²) in [5.74, 6) is 1.05. The zero-order valence-corrected chi connectivity index (χ0v) is 10.2. The van der Waals surface area contributed by atoms with Crippen molar-refractivity contribution >= 4 is 11.8 Å². The molecule has 2 heterocycles. The minimum Gasteiger partial charge on any atom is -0.356 e. The zero-order valence-electron chi connectivity index (χ0n) is 10.2. The number of amides is 2. The first-order chi connectivity index (χ1) is 7.65. The highest BCUT2D eigenvalue weighted by Gasteiger charge is 2.18. The second-order valence-corrected chi connectivity index (χ2v) is 4.49. The molecule has 2 saturated heterocycles. The van der Waals surface area contributed by atoms with Crippen LogP contribution >= 0.6 is 0 Å². The molecule has 2 fully saturated rings. The average Bonchev–Trinajstić information content (AvgIpc) is 2.88. The molecule has 0 spiro atoms. The van der Waals surface area contributed by atoms with E-state index < -0.39 is 0 Å². The van der Waals surface area contributed by atoms with Crippen LogP contribution in [0.1, 0.15) is 60.8 Å². The van der Waals surface area contributed by atoms with Gasteiger partial charge in [-0.15, -0.1) is 0 Å². The van der Waals surface area contributed by atoms with Gasteiger partial charge in [0.2, 0.25) is 11.8 Å². The van der Waals surface area contributed by atoms with Gasteiger partial charge in [-0.05, 0) is 18.8 Å². The van der Waals surface area contributed by atoms with E-state index in [2.05, 4.69) is 24.5 Å². The fourth-order valence-electron chi connectivity index (χ4n) is 1.94. The molecule has 2 unspecified atom stereocenters. The first-order valence-electron chi connectivity index (χ1n) is 6.21. The maximum Gasteiger partial charge on any atom is 0.220 e. The van der Waals surface area contributed by atoms with Crippen molar-refractivity contribution in [3.63, 3.8) is 0 Å². The zero-order chi connectivity index (χ0) is 12.0. The van der Waals surface area contributed by atoms with Gasteiger partial charge in [0.05, 0.1) is 0 Å². The van der Waals surface area contributed by atoms with Crippen molar-refractivity contribution in [2.75, 3.05) is 6.54 Å². The Morgan fingerprint density at radius 1 is 1.11 bits per heavy atom. The van der Waals surface area contributed by atoms with Crippen molar-refractivity contribution in [3.8, 4) is 0 Å². The molecule has 0 bridgehead atoms. The van der Waals surface area contributed by atoms with Crippen LogP contribution in [0.25, 0.3) is 0 Å². The molecule has 2 N–H and O–H groups in total. The van der Waals surface area contributed by atoms with E-state index in [1.165, 1.54) is 0 Å². The fourth-order valence-corrected chi connectivity index (χ4v) is 1.94. The van der Waals surface area contributed by atoms with E-state index >= 15 is 0 Å². The van der Waals surface area contributed by atoms with Gasteiger partial charge in [0.1, 0.15) is 0 Å². The molecular weight excluding hydrogens is 228 g/mol. The van der Waals surface area contributed by atoms with Crippen LogP contribution in [0.4, 0.5) is 0 Å². The van der Waals surface area contributed by atoms with Gasteiger partial charge in [-0.25, -0.2) is 0 Å². The quantitative estimate of drug-likeness (QED) is 0.799. The van der Waals surface area contributed by atoms with Crippen LogP contribution in [-0.4, -0.2) is 24.4 Å². The molecule has 4 heteroatoms. The van der Waals surface area contributed by atoms with Gasteiger partial charge >= 0.3 is 0 Å². The predicted octanol–water partition coefficient (Wildman–Crippen LogP) is 2.48. The largest absolute Gasteiger partial charge is 0.356 e. The van der Waals surface area contributed by atoms with E-state index in [4.69, 9.17) is 0 Å². The summed E-state index contributed by atoms with van der Waals surface area (Å²) in [6.45, 7) is 5.11. The molecule has 108 valence electrons. The fraction of sp³-hybridized carbons (Fsp3) is 0.857. The van der Waals surface area contributed by atoms with Gasteiger partial charge in [-0.3, -0.25) is 9.59 Å². The number of hydrogen-bond acceptors (Lipinski definition) is 2. The summed E-state index contributed by atoms with van der Waals surface area (Å²) in [6, 6.07) is 0.475. The maximum absolute atomic E-state index is 10.5. The Kier molecular flexibility index (Phi) is 10.6. The number of carbonyl (C=O) groups is 2. The number of carbonyl (C=O) groups excluding carboxylic acids is 2. The molecule has 0 saturated carbocycles. The molecule has 2 aliphatic rings. The molecule has 0 aromatic rings. The third kappa shape index (κ3) is 6.62. The Balaban J connectivity index is 0. The summed E-state index contributed by atoms with van der Waals surface area (Å²) in [4.78, 5) is 21.0. The summed E-state index contributed by atoms with van der Waals surface area (Å²) in [5, 5.41) is 5.65. The summed E-state index contributed by atoms with van der Waals surface area (Å²) >= 11 is 0. The smallest absolute Gasteiger partial charge is 0.220 e. The molecule has 2 rings (SSSR count). The molecular formula is C14H30N2O2. The van der Waals surface area contributed by atoms with E-state index in [0.717, 1.165) is 38.6 Å². The topological polar surface area (TPSA) is 58.2 Å². The number of rotatable bonds is 2. The third-order valence-electron chi connectivity index (χ3n) is 3.22. The lowest BCUT2D eigenvalue weighted by molar-refractivity contribution is -0.120. The maximum atomic E-state index is 10.5. The summed E-state index contributed by atoms with van der Waals surface area (Å²) in [6.07, 6.45) is 4.72. The Labute approximate surface area is 112 Å².